The van der Waals surface area contributed by atoms with E-state index in [1.54, 1.807) is 0 Å². The van der Waals surface area contributed by atoms with E-state index in [1.165, 1.54) is 64.2 Å². The van der Waals surface area contributed by atoms with Crippen molar-refractivity contribution < 1.29 is 0 Å². The minimum Gasteiger partial charge on any atom is -0.0654 e. The van der Waals surface area contributed by atoms with Crippen LogP contribution in [-0.2, 0) is 0 Å². The summed E-state index contributed by atoms with van der Waals surface area (Å²) in [5.74, 6) is 0. The average molecular weight is 268 g/mol. The standard InChI is InChI=1S/C19H39/c1-7-10-12-14-16-19(9-3,18(4,5)6)17-15-13-11-8-2/h3,7-17H2,1-2,4-6H3. The first kappa shape index (κ1) is 19.0. The van der Waals surface area contributed by atoms with Gasteiger partial charge in [0.15, 0.2) is 0 Å². The summed E-state index contributed by atoms with van der Waals surface area (Å²) in [5, 5.41) is 0. The van der Waals surface area contributed by atoms with Crippen LogP contribution in [0.25, 0.3) is 0 Å². The maximum absolute atomic E-state index is 4.32. The number of unbranched alkanes of at least 4 members (excludes halogenated alkanes) is 6. The predicted octanol–water partition coefficient (Wildman–Crippen LogP) is 7.18. The summed E-state index contributed by atoms with van der Waals surface area (Å²) in [7, 11) is 0. The zero-order chi connectivity index (χ0) is 14.8. The Morgan fingerprint density at radius 2 is 1.11 bits per heavy atom. The van der Waals surface area contributed by atoms with Gasteiger partial charge in [0.1, 0.15) is 0 Å². The summed E-state index contributed by atoms with van der Waals surface area (Å²) in [6.07, 6.45) is 14.9. The monoisotopic (exact) mass is 267 g/mol. The summed E-state index contributed by atoms with van der Waals surface area (Å²) in [4.78, 5) is 0. The maximum atomic E-state index is 4.32. The first-order valence-corrected chi connectivity index (χ1v) is 8.72. The van der Waals surface area contributed by atoms with Crippen LogP contribution < -0.4 is 0 Å². The molecule has 0 aliphatic rings. The molecule has 0 aliphatic carbocycles. The molecule has 0 amide bonds. The molecule has 19 heavy (non-hydrogen) atoms. The van der Waals surface area contributed by atoms with E-state index < -0.39 is 0 Å². The van der Waals surface area contributed by atoms with Gasteiger partial charge in [-0.1, -0.05) is 92.9 Å². The lowest BCUT2D eigenvalue weighted by atomic mass is 9.60. The molecule has 0 aromatic rings. The van der Waals surface area contributed by atoms with Crippen molar-refractivity contribution in [3.63, 3.8) is 0 Å². The van der Waals surface area contributed by atoms with Gasteiger partial charge in [-0.2, -0.15) is 0 Å². The number of rotatable bonds is 11. The SMILES string of the molecule is [CH2]CC(CCCCCC)(CCCCCC)C(C)(C)C. The molecule has 0 unspecified atom stereocenters. The van der Waals surface area contributed by atoms with E-state index in [9.17, 15) is 0 Å². The molecular formula is C19H39. The van der Waals surface area contributed by atoms with Crippen LogP contribution in [0.5, 0.6) is 0 Å². The van der Waals surface area contributed by atoms with E-state index in [0.29, 0.717) is 10.8 Å². The first-order valence-electron chi connectivity index (χ1n) is 8.72. The maximum Gasteiger partial charge on any atom is -0.0249 e. The van der Waals surface area contributed by atoms with Crippen molar-refractivity contribution >= 4 is 0 Å². The van der Waals surface area contributed by atoms with Gasteiger partial charge >= 0.3 is 0 Å². The number of hydrogen-bond donors (Lipinski definition) is 0. The molecule has 115 valence electrons. The summed E-state index contributed by atoms with van der Waals surface area (Å²) >= 11 is 0. The summed E-state index contributed by atoms with van der Waals surface area (Å²) in [6, 6.07) is 0. The fraction of sp³-hybridized carbons (Fsp3) is 0.947. The molecule has 1 radical (unpaired) electrons. The fourth-order valence-corrected chi connectivity index (χ4v) is 3.28. The highest BCUT2D eigenvalue weighted by atomic mass is 14.4. The Morgan fingerprint density at radius 1 is 0.684 bits per heavy atom. The Morgan fingerprint density at radius 3 is 1.37 bits per heavy atom. The lowest BCUT2D eigenvalue weighted by Gasteiger charge is -2.45. The van der Waals surface area contributed by atoms with Crippen molar-refractivity contribution in [1.82, 2.24) is 0 Å². The van der Waals surface area contributed by atoms with E-state index in [0.717, 1.165) is 6.42 Å². The molecule has 0 bridgehead atoms. The molecule has 0 rings (SSSR count). The second-order valence-corrected chi connectivity index (χ2v) is 7.40. The van der Waals surface area contributed by atoms with Crippen LogP contribution in [0.3, 0.4) is 0 Å². The molecular weight excluding hydrogens is 228 g/mol. The topological polar surface area (TPSA) is 0 Å². The Kier molecular flexibility index (Phi) is 9.83. The third-order valence-corrected chi connectivity index (χ3v) is 5.09. The van der Waals surface area contributed by atoms with Crippen LogP contribution >= 0.6 is 0 Å². The smallest absolute Gasteiger partial charge is 0.0249 e. The third kappa shape index (κ3) is 6.82. The van der Waals surface area contributed by atoms with Gasteiger partial charge in [-0.15, -0.1) is 0 Å². The normalized spacial score (nSPS) is 12.9. The fourth-order valence-electron chi connectivity index (χ4n) is 3.28. The number of hydrogen-bond acceptors (Lipinski definition) is 0. The highest BCUT2D eigenvalue weighted by molar-refractivity contribution is 4.90. The van der Waals surface area contributed by atoms with Crippen LogP contribution in [0.1, 0.15) is 105 Å². The zero-order valence-electron chi connectivity index (χ0n) is 14.5. The molecule has 0 aromatic carbocycles. The van der Waals surface area contributed by atoms with E-state index in [1.807, 2.05) is 0 Å². The molecule has 0 fully saturated rings. The van der Waals surface area contributed by atoms with E-state index in [2.05, 4.69) is 41.5 Å². The zero-order valence-corrected chi connectivity index (χ0v) is 14.5. The van der Waals surface area contributed by atoms with Gasteiger partial charge in [-0.05, 0) is 30.1 Å². The van der Waals surface area contributed by atoms with Gasteiger partial charge in [0.05, 0.1) is 0 Å². The highest BCUT2D eigenvalue weighted by Gasteiger charge is 2.38. The lowest BCUT2D eigenvalue weighted by molar-refractivity contribution is 0.0583. The molecule has 0 saturated heterocycles. The molecule has 0 atom stereocenters. The molecule has 0 aliphatic heterocycles. The molecule has 0 heteroatoms. The van der Waals surface area contributed by atoms with Crippen LogP contribution in [0.15, 0.2) is 0 Å². The van der Waals surface area contributed by atoms with Crippen molar-refractivity contribution in [2.24, 2.45) is 10.8 Å². The van der Waals surface area contributed by atoms with Crippen LogP contribution in [0.2, 0.25) is 0 Å². The minimum atomic E-state index is 0.396. The quantitative estimate of drug-likeness (QED) is 0.348. The molecule has 0 N–H and O–H groups in total. The van der Waals surface area contributed by atoms with E-state index in [4.69, 9.17) is 0 Å². The second kappa shape index (κ2) is 9.83. The van der Waals surface area contributed by atoms with Crippen LogP contribution in [-0.4, -0.2) is 0 Å². The first-order chi connectivity index (χ1) is 8.93. The Labute approximate surface area is 123 Å². The molecule has 0 spiro atoms. The Balaban J connectivity index is 4.43. The van der Waals surface area contributed by atoms with Crippen LogP contribution in [0, 0.1) is 17.8 Å². The summed E-state index contributed by atoms with van der Waals surface area (Å²) in [5.41, 5.74) is 0.863. The van der Waals surface area contributed by atoms with Crippen molar-refractivity contribution in [2.45, 2.75) is 105 Å². The second-order valence-electron chi connectivity index (χ2n) is 7.40. The Hall–Kier alpha value is 0. The van der Waals surface area contributed by atoms with Crippen molar-refractivity contribution in [2.75, 3.05) is 0 Å². The van der Waals surface area contributed by atoms with Gasteiger partial charge in [0, 0.05) is 0 Å². The van der Waals surface area contributed by atoms with Gasteiger partial charge in [0.25, 0.3) is 0 Å². The van der Waals surface area contributed by atoms with Gasteiger partial charge in [0.2, 0.25) is 0 Å². The average Bonchev–Trinajstić information content (AvgIpc) is 2.35. The summed E-state index contributed by atoms with van der Waals surface area (Å²) in [6.45, 7) is 16.2. The lowest BCUT2D eigenvalue weighted by Crippen LogP contribution is -2.35. The largest absolute Gasteiger partial charge is 0.0654 e. The van der Waals surface area contributed by atoms with Gasteiger partial charge in [-0.25, -0.2) is 0 Å². The van der Waals surface area contributed by atoms with Crippen molar-refractivity contribution in [3.8, 4) is 0 Å². The molecule has 0 aromatic heterocycles. The summed E-state index contributed by atoms with van der Waals surface area (Å²) < 4.78 is 0. The van der Waals surface area contributed by atoms with Crippen molar-refractivity contribution in [1.29, 1.82) is 0 Å². The van der Waals surface area contributed by atoms with Crippen molar-refractivity contribution in [3.05, 3.63) is 6.92 Å². The molecule has 0 heterocycles. The molecule has 0 saturated carbocycles. The minimum absolute atomic E-state index is 0.396. The van der Waals surface area contributed by atoms with E-state index in [-0.39, 0.29) is 0 Å². The predicted molar refractivity (Wildman–Crippen MR) is 89.4 cm³/mol. The van der Waals surface area contributed by atoms with E-state index >= 15 is 0 Å². The Bertz CT molecular complexity index is 185. The van der Waals surface area contributed by atoms with Gasteiger partial charge in [-0.3, -0.25) is 0 Å². The van der Waals surface area contributed by atoms with Gasteiger partial charge < -0.3 is 0 Å². The molecule has 0 nitrogen and oxygen atoms in total. The third-order valence-electron chi connectivity index (χ3n) is 5.09. The highest BCUT2D eigenvalue weighted by Crippen LogP contribution is 2.49. The van der Waals surface area contributed by atoms with Crippen LogP contribution in [0.4, 0.5) is 0 Å².